The van der Waals surface area contributed by atoms with Gasteiger partial charge in [-0.2, -0.15) is 0 Å². The van der Waals surface area contributed by atoms with Crippen molar-refractivity contribution in [2.45, 2.75) is 44.6 Å². The predicted octanol–water partition coefficient (Wildman–Crippen LogP) is 3.04. The molecule has 0 aromatic heterocycles. The van der Waals surface area contributed by atoms with E-state index >= 15 is 0 Å². The average molecular weight is 275 g/mol. The summed E-state index contributed by atoms with van der Waals surface area (Å²) in [5.41, 5.74) is 1.40. The molecule has 1 heterocycles. The number of aryl methyl sites for hydroxylation is 1. The van der Waals surface area contributed by atoms with E-state index in [4.69, 9.17) is 4.74 Å². The lowest BCUT2D eigenvalue weighted by molar-refractivity contribution is -0.148. The van der Waals surface area contributed by atoms with Crippen LogP contribution in [0.1, 0.15) is 37.7 Å². The number of unbranched alkanes of at least 4 members (excludes halogenated alkanes) is 1. The number of methoxy groups -OCH3 is 1. The molecule has 0 spiro atoms. The van der Waals surface area contributed by atoms with Crippen molar-refractivity contribution < 1.29 is 9.53 Å². The Balaban J connectivity index is 1.73. The molecule has 0 aliphatic carbocycles. The van der Waals surface area contributed by atoms with E-state index in [1.807, 2.05) is 0 Å². The van der Waals surface area contributed by atoms with Crippen LogP contribution in [0, 0.1) is 0 Å². The zero-order valence-electron chi connectivity index (χ0n) is 12.4. The van der Waals surface area contributed by atoms with E-state index in [0.29, 0.717) is 0 Å². The van der Waals surface area contributed by atoms with E-state index in [2.05, 4.69) is 35.2 Å². The molecule has 1 aromatic carbocycles. The van der Waals surface area contributed by atoms with Gasteiger partial charge < -0.3 is 4.74 Å². The Morgan fingerprint density at radius 2 is 2.05 bits per heavy atom. The lowest BCUT2D eigenvalue weighted by Crippen LogP contribution is -2.45. The minimum atomic E-state index is -0.0623. The van der Waals surface area contributed by atoms with Crippen molar-refractivity contribution in [3.05, 3.63) is 35.9 Å². The monoisotopic (exact) mass is 275 g/mol. The number of nitrogens with zero attached hydrogens (tertiary/aromatic N) is 1. The lowest BCUT2D eigenvalue weighted by Gasteiger charge is -2.33. The molecule has 3 nitrogen and oxygen atoms in total. The second-order valence-corrected chi connectivity index (χ2v) is 5.51. The molecule has 1 atom stereocenters. The lowest BCUT2D eigenvalue weighted by atomic mass is 10.0. The minimum absolute atomic E-state index is 0.00882. The summed E-state index contributed by atoms with van der Waals surface area (Å²) in [7, 11) is 1.49. The number of esters is 1. The third-order valence-corrected chi connectivity index (χ3v) is 4.09. The zero-order chi connectivity index (χ0) is 14.2. The first-order valence-electron chi connectivity index (χ1n) is 7.67. The van der Waals surface area contributed by atoms with Gasteiger partial charge in [0.2, 0.25) is 0 Å². The van der Waals surface area contributed by atoms with Crippen molar-refractivity contribution in [2.75, 3.05) is 20.2 Å². The van der Waals surface area contributed by atoms with Crippen molar-refractivity contribution in [1.82, 2.24) is 4.90 Å². The first kappa shape index (κ1) is 15.0. The minimum Gasteiger partial charge on any atom is -0.468 e. The van der Waals surface area contributed by atoms with Crippen LogP contribution in [-0.4, -0.2) is 37.1 Å². The van der Waals surface area contributed by atoms with Gasteiger partial charge in [0.25, 0.3) is 0 Å². The third-order valence-electron chi connectivity index (χ3n) is 4.09. The standard InChI is InChI=1S/C17H25NO2/c1-20-17(19)16-12-6-8-14-18(16)13-7-5-11-15-9-3-2-4-10-15/h2-4,9-10,16H,5-8,11-14H2,1H3. The average Bonchev–Trinajstić information content (AvgIpc) is 2.52. The molecule has 1 unspecified atom stereocenters. The smallest absolute Gasteiger partial charge is 0.323 e. The molecule has 1 aliphatic heterocycles. The molecule has 0 saturated carbocycles. The summed E-state index contributed by atoms with van der Waals surface area (Å²) < 4.78 is 4.91. The number of benzene rings is 1. The molecular weight excluding hydrogens is 250 g/mol. The highest BCUT2D eigenvalue weighted by molar-refractivity contribution is 5.75. The van der Waals surface area contributed by atoms with Crippen LogP contribution in [-0.2, 0) is 16.0 Å². The Hall–Kier alpha value is -1.35. The SMILES string of the molecule is COC(=O)C1CCCCN1CCCCc1ccccc1. The summed E-state index contributed by atoms with van der Waals surface area (Å²) >= 11 is 0. The molecule has 1 saturated heterocycles. The second kappa shape index (κ2) is 8.05. The third kappa shape index (κ3) is 4.34. The van der Waals surface area contributed by atoms with Crippen molar-refractivity contribution in [1.29, 1.82) is 0 Å². The molecule has 0 amide bonds. The fourth-order valence-electron chi connectivity index (χ4n) is 2.95. The Morgan fingerprint density at radius 3 is 2.80 bits per heavy atom. The molecule has 0 radical (unpaired) electrons. The largest absolute Gasteiger partial charge is 0.468 e. The normalized spacial score (nSPS) is 19.8. The molecule has 20 heavy (non-hydrogen) atoms. The van der Waals surface area contributed by atoms with E-state index in [1.54, 1.807) is 0 Å². The Kier molecular flexibility index (Phi) is 6.06. The predicted molar refractivity (Wildman–Crippen MR) is 80.6 cm³/mol. The summed E-state index contributed by atoms with van der Waals surface area (Å²) in [5, 5.41) is 0. The molecule has 1 fully saturated rings. The fraction of sp³-hybridized carbons (Fsp3) is 0.588. The Morgan fingerprint density at radius 1 is 1.25 bits per heavy atom. The maximum absolute atomic E-state index is 11.8. The van der Waals surface area contributed by atoms with Crippen LogP contribution < -0.4 is 0 Å². The molecule has 1 aliphatic rings. The summed E-state index contributed by atoms with van der Waals surface area (Å²) in [5.74, 6) is -0.0623. The van der Waals surface area contributed by atoms with Crippen molar-refractivity contribution >= 4 is 5.97 Å². The molecule has 1 aromatic rings. The topological polar surface area (TPSA) is 29.5 Å². The highest BCUT2D eigenvalue weighted by atomic mass is 16.5. The van der Waals surface area contributed by atoms with Crippen LogP contribution in [0.5, 0.6) is 0 Å². The second-order valence-electron chi connectivity index (χ2n) is 5.51. The van der Waals surface area contributed by atoms with Crippen LogP contribution in [0.3, 0.4) is 0 Å². The van der Waals surface area contributed by atoms with Crippen molar-refractivity contribution in [3.63, 3.8) is 0 Å². The fourth-order valence-corrected chi connectivity index (χ4v) is 2.95. The van der Waals surface area contributed by atoms with Crippen molar-refractivity contribution in [2.24, 2.45) is 0 Å². The van der Waals surface area contributed by atoms with Gasteiger partial charge in [-0.25, -0.2) is 0 Å². The maximum atomic E-state index is 11.8. The summed E-state index contributed by atoms with van der Waals surface area (Å²) in [6, 6.07) is 10.6. The summed E-state index contributed by atoms with van der Waals surface area (Å²) in [4.78, 5) is 14.1. The van der Waals surface area contributed by atoms with Gasteiger partial charge >= 0.3 is 5.97 Å². The van der Waals surface area contributed by atoms with Crippen LogP contribution in [0.2, 0.25) is 0 Å². The Labute approximate surface area is 121 Å². The Bertz CT molecular complexity index is 405. The van der Waals surface area contributed by atoms with Crippen LogP contribution in [0.25, 0.3) is 0 Å². The number of carbonyl (C=O) groups excluding carboxylic acids is 1. The van der Waals surface area contributed by atoms with Crippen LogP contribution >= 0.6 is 0 Å². The number of rotatable bonds is 6. The molecular formula is C17H25NO2. The molecule has 0 N–H and O–H groups in total. The molecule has 0 bridgehead atoms. The van der Waals surface area contributed by atoms with Crippen molar-refractivity contribution in [3.8, 4) is 0 Å². The summed E-state index contributed by atoms with van der Waals surface area (Å²) in [6.45, 7) is 2.04. The number of carbonyl (C=O) groups is 1. The number of hydrogen-bond acceptors (Lipinski definition) is 3. The maximum Gasteiger partial charge on any atom is 0.323 e. The first-order valence-corrected chi connectivity index (χ1v) is 7.67. The van der Waals surface area contributed by atoms with Gasteiger partial charge in [-0.1, -0.05) is 36.8 Å². The van der Waals surface area contributed by atoms with Gasteiger partial charge in [0, 0.05) is 0 Å². The van der Waals surface area contributed by atoms with Crippen LogP contribution in [0.4, 0.5) is 0 Å². The highest BCUT2D eigenvalue weighted by Crippen LogP contribution is 2.19. The van der Waals surface area contributed by atoms with Gasteiger partial charge in [-0.05, 0) is 50.8 Å². The first-order chi connectivity index (χ1) is 9.81. The quantitative estimate of drug-likeness (QED) is 0.590. The summed E-state index contributed by atoms with van der Waals surface area (Å²) in [6.07, 6.45) is 6.73. The van der Waals surface area contributed by atoms with Crippen LogP contribution in [0.15, 0.2) is 30.3 Å². The van der Waals surface area contributed by atoms with E-state index in [1.165, 1.54) is 25.5 Å². The number of likely N-dealkylation sites (tertiary alicyclic amines) is 1. The van der Waals surface area contributed by atoms with E-state index in [9.17, 15) is 4.79 Å². The number of hydrogen-bond donors (Lipinski definition) is 0. The molecule has 110 valence electrons. The zero-order valence-corrected chi connectivity index (χ0v) is 12.4. The van der Waals surface area contributed by atoms with Gasteiger partial charge in [-0.3, -0.25) is 9.69 Å². The van der Waals surface area contributed by atoms with E-state index in [0.717, 1.165) is 38.8 Å². The number of ether oxygens (including phenoxy) is 1. The number of piperidine rings is 1. The van der Waals surface area contributed by atoms with E-state index < -0.39 is 0 Å². The van der Waals surface area contributed by atoms with E-state index in [-0.39, 0.29) is 12.0 Å². The highest BCUT2D eigenvalue weighted by Gasteiger charge is 2.28. The van der Waals surface area contributed by atoms with Gasteiger partial charge in [0.15, 0.2) is 0 Å². The van der Waals surface area contributed by atoms with Gasteiger partial charge in [-0.15, -0.1) is 0 Å². The van der Waals surface area contributed by atoms with Gasteiger partial charge in [0.1, 0.15) is 6.04 Å². The van der Waals surface area contributed by atoms with Gasteiger partial charge in [0.05, 0.1) is 7.11 Å². The molecule has 3 heteroatoms. The molecule has 2 rings (SSSR count).